The van der Waals surface area contributed by atoms with Crippen molar-refractivity contribution in [2.75, 3.05) is 7.05 Å². The van der Waals surface area contributed by atoms with Crippen molar-refractivity contribution in [3.8, 4) is 11.8 Å². The molecule has 0 aromatic heterocycles. The van der Waals surface area contributed by atoms with E-state index in [1.807, 2.05) is 60.7 Å². The molecule has 3 aromatic carbocycles. The monoisotopic (exact) mass is 414 g/mol. The number of hydrogen-bond donors (Lipinski definition) is 1. The van der Waals surface area contributed by atoms with Crippen molar-refractivity contribution in [1.29, 1.82) is 5.26 Å². The standard InChI is InChI=1S/C24H19FN4O2/c1-29-22(27)28-24(31-29)15-23(17-7-3-2-4-8-17,30-21-10-6-5-9-19(21)24)18-11-12-20(25)16(13-18)14-26/h2-13H,15H2,1H3,(H2,27,28). The highest BCUT2D eigenvalue weighted by Crippen LogP contribution is 2.54. The van der Waals surface area contributed by atoms with Crippen LogP contribution >= 0.6 is 0 Å². The first-order valence-electron chi connectivity index (χ1n) is 9.80. The summed E-state index contributed by atoms with van der Waals surface area (Å²) in [6.45, 7) is 0. The van der Waals surface area contributed by atoms with Gasteiger partial charge in [-0.1, -0.05) is 54.6 Å². The number of rotatable bonds is 2. The fraction of sp³-hybridized carbons (Fsp3) is 0.167. The number of fused-ring (bicyclic) bond motifs is 2. The minimum absolute atomic E-state index is 0.0585. The van der Waals surface area contributed by atoms with Gasteiger partial charge in [0.05, 0.1) is 17.5 Å². The molecule has 0 saturated carbocycles. The number of nitrogens with zero attached hydrogens (tertiary/aromatic N) is 3. The smallest absolute Gasteiger partial charge is 0.222 e. The van der Waals surface area contributed by atoms with Gasteiger partial charge in [0, 0.05) is 18.2 Å². The van der Waals surface area contributed by atoms with E-state index in [1.54, 1.807) is 13.1 Å². The second-order valence-corrected chi connectivity index (χ2v) is 7.62. The van der Waals surface area contributed by atoms with E-state index in [1.165, 1.54) is 17.2 Å². The van der Waals surface area contributed by atoms with E-state index in [9.17, 15) is 9.65 Å². The van der Waals surface area contributed by atoms with Crippen molar-refractivity contribution in [3.05, 3.63) is 101 Å². The van der Waals surface area contributed by atoms with Gasteiger partial charge in [0.1, 0.15) is 17.6 Å². The molecule has 31 heavy (non-hydrogen) atoms. The molecule has 0 fully saturated rings. The van der Waals surface area contributed by atoms with Crippen LogP contribution in [-0.2, 0) is 16.2 Å². The highest BCUT2D eigenvalue weighted by molar-refractivity contribution is 5.79. The summed E-state index contributed by atoms with van der Waals surface area (Å²) in [5.74, 6) is 0.238. The van der Waals surface area contributed by atoms with Crippen molar-refractivity contribution in [2.24, 2.45) is 10.7 Å². The molecule has 0 bridgehead atoms. The van der Waals surface area contributed by atoms with Crippen molar-refractivity contribution in [3.63, 3.8) is 0 Å². The number of hydrogen-bond acceptors (Lipinski definition) is 6. The average molecular weight is 414 g/mol. The van der Waals surface area contributed by atoms with Gasteiger partial charge in [-0.2, -0.15) is 5.26 Å². The number of nitriles is 1. The number of guanidine groups is 1. The van der Waals surface area contributed by atoms with E-state index in [-0.39, 0.29) is 17.9 Å². The van der Waals surface area contributed by atoms with Crippen LogP contribution in [0.15, 0.2) is 77.8 Å². The topological polar surface area (TPSA) is 83.9 Å². The molecule has 2 unspecified atom stereocenters. The Labute approximate surface area is 178 Å². The molecule has 2 atom stereocenters. The Balaban J connectivity index is 1.80. The van der Waals surface area contributed by atoms with E-state index in [0.29, 0.717) is 11.3 Å². The molecule has 1 spiro atoms. The third kappa shape index (κ3) is 2.84. The van der Waals surface area contributed by atoms with Gasteiger partial charge in [-0.3, -0.25) is 0 Å². The molecular formula is C24H19FN4O2. The lowest BCUT2D eigenvalue weighted by Crippen LogP contribution is -2.47. The Kier molecular flexibility index (Phi) is 4.20. The molecule has 0 saturated heterocycles. The van der Waals surface area contributed by atoms with Crippen LogP contribution in [0.4, 0.5) is 4.39 Å². The molecule has 7 heteroatoms. The highest BCUT2D eigenvalue weighted by Gasteiger charge is 2.56. The van der Waals surface area contributed by atoms with Gasteiger partial charge in [-0.25, -0.2) is 19.3 Å². The van der Waals surface area contributed by atoms with Crippen LogP contribution in [0.2, 0.25) is 0 Å². The zero-order valence-electron chi connectivity index (χ0n) is 16.7. The third-order valence-electron chi connectivity index (χ3n) is 5.78. The van der Waals surface area contributed by atoms with E-state index in [2.05, 4.69) is 4.99 Å². The summed E-state index contributed by atoms with van der Waals surface area (Å²) in [7, 11) is 1.70. The van der Waals surface area contributed by atoms with E-state index < -0.39 is 17.1 Å². The normalized spacial score (nSPS) is 24.3. The van der Waals surface area contributed by atoms with Crippen LogP contribution < -0.4 is 10.5 Å². The minimum atomic E-state index is -1.13. The molecule has 2 aliphatic heterocycles. The van der Waals surface area contributed by atoms with Crippen LogP contribution in [0.5, 0.6) is 5.75 Å². The number of para-hydroxylation sites is 1. The summed E-state index contributed by atoms with van der Waals surface area (Å²) >= 11 is 0. The predicted octanol–water partition coefficient (Wildman–Crippen LogP) is 3.77. The molecule has 5 rings (SSSR count). The molecule has 0 aliphatic carbocycles. The largest absolute Gasteiger partial charge is 0.477 e. The van der Waals surface area contributed by atoms with Gasteiger partial charge < -0.3 is 10.5 Å². The van der Waals surface area contributed by atoms with Gasteiger partial charge >= 0.3 is 0 Å². The van der Waals surface area contributed by atoms with Gasteiger partial charge in [0.2, 0.25) is 11.7 Å². The van der Waals surface area contributed by atoms with Crippen LogP contribution in [0.1, 0.15) is 28.7 Å². The van der Waals surface area contributed by atoms with Crippen molar-refractivity contribution in [2.45, 2.75) is 17.7 Å². The molecule has 0 radical (unpaired) electrons. The third-order valence-corrected chi connectivity index (χ3v) is 5.78. The Bertz CT molecular complexity index is 1240. The maximum absolute atomic E-state index is 14.2. The van der Waals surface area contributed by atoms with Crippen LogP contribution in [0.25, 0.3) is 0 Å². The zero-order chi connectivity index (χ0) is 21.6. The highest BCUT2D eigenvalue weighted by atomic mass is 19.1. The summed E-state index contributed by atoms with van der Waals surface area (Å²) in [6, 6.07) is 23.4. The van der Waals surface area contributed by atoms with Gasteiger partial charge in [0.25, 0.3) is 0 Å². The molecule has 2 heterocycles. The van der Waals surface area contributed by atoms with Crippen LogP contribution in [0, 0.1) is 17.1 Å². The lowest BCUT2D eigenvalue weighted by molar-refractivity contribution is -0.200. The van der Waals surface area contributed by atoms with Gasteiger partial charge in [-0.05, 0) is 18.2 Å². The molecule has 0 amide bonds. The van der Waals surface area contributed by atoms with Crippen molar-refractivity contribution < 1.29 is 14.0 Å². The predicted molar refractivity (Wildman–Crippen MR) is 112 cm³/mol. The van der Waals surface area contributed by atoms with Crippen molar-refractivity contribution >= 4 is 5.96 Å². The molecule has 3 aromatic rings. The molecule has 2 N–H and O–H groups in total. The summed E-state index contributed by atoms with van der Waals surface area (Å²) < 4.78 is 20.8. The maximum atomic E-state index is 14.2. The number of halogens is 1. The zero-order valence-corrected chi connectivity index (χ0v) is 16.7. The summed E-state index contributed by atoms with van der Waals surface area (Å²) in [6.07, 6.45) is 0.239. The van der Waals surface area contributed by atoms with E-state index >= 15 is 0 Å². The van der Waals surface area contributed by atoms with Gasteiger partial charge in [-0.15, -0.1) is 0 Å². The summed E-state index contributed by atoms with van der Waals surface area (Å²) in [5, 5.41) is 10.9. The molecule has 154 valence electrons. The van der Waals surface area contributed by atoms with E-state index in [0.717, 1.165) is 11.1 Å². The fourth-order valence-electron chi connectivity index (χ4n) is 4.32. The lowest BCUT2D eigenvalue weighted by atomic mass is 9.75. The van der Waals surface area contributed by atoms with Crippen LogP contribution in [0.3, 0.4) is 0 Å². The molecular weight excluding hydrogens is 395 g/mol. The number of aliphatic imine (C=N–C) groups is 1. The Morgan fingerprint density at radius 3 is 2.52 bits per heavy atom. The van der Waals surface area contributed by atoms with Crippen LogP contribution in [-0.4, -0.2) is 18.1 Å². The Morgan fingerprint density at radius 1 is 1.06 bits per heavy atom. The van der Waals surface area contributed by atoms with Gasteiger partial charge in [0.15, 0.2) is 5.60 Å². The lowest BCUT2D eigenvalue weighted by Gasteiger charge is -2.45. The first-order valence-corrected chi connectivity index (χ1v) is 9.80. The first kappa shape index (κ1) is 19.1. The Morgan fingerprint density at radius 2 is 1.81 bits per heavy atom. The van der Waals surface area contributed by atoms with Crippen molar-refractivity contribution in [1.82, 2.24) is 5.06 Å². The quantitative estimate of drug-likeness (QED) is 0.690. The first-order chi connectivity index (χ1) is 15.0. The summed E-state index contributed by atoms with van der Waals surface area (Å²) in [5.41, 5.74) is 6.00. The number of nitrogens with two attached hydrogens (primary N) is 1. The second-order valence-electron chi connectivity index (χ2n) is 7.62. The maximum Gasteiger partial charge on any atom is 0.222 e. The SMILES string of the molecule is CN1OC2(CC(c3ccccc3)(c3ccc(F)c(C#N)c3)Oc3ccccc32)N=C1N. The molecule has 2 aliphatic rings. The fourth-order valence-corrected chi connectivity index (χ4v) is 4.32. The molecule has 6 nitrogen and oxygen atoms in total. The van der Waals surface area contributed by atoms with E-state index in [4.69, 9.17) is 15.3 Å². The number of ether oxygens (including phenoxy) is 1. The number of hydroxylamine groups is 2. The second kappa shape index (κ2) is 6.83. The summed E-state index contributed by atoms with van der Waals surface area (Å²) in [4.78, 5) is 10.9. The number of benzene rings is 3. The Hall–Kier alpha value is -3.89. The minimum Gasteiger partial charge on any atom is -0.477 e. The average Bonchev–Trinajstić information content (AvgIpc) is 3.07.